The fourth-order valence-electron chi connectivity index (χ4n) is 2.48. The molecular weight excluding hydrogens is 362 g/mol. The lowest BCUT2D eigenvalue weighted by molar-refractivity contribution is 0.146. The lowest BCUT2D eigenvalue weighted by Gasteiger charge is -2.13. The summed E-state index contributed by atoms with van der Waals surface area (Å²) >= 11 is 6.32. The molecule has 0 aliphatic carbocycles. The van der Waals surface area contributed by atoms with E-state index in [1.165, 1.54) is 12.1 Å². The molecule has 0 unspecified atom stereocenters. The van der Waals surface area contributed by atoms with Crippen LogP contribution >= 0.6 is 11.6 Å². The third-order valence-corrected chi connectivity index (χ3v) is 4.10. The monoisotopic (exact) mass is 378 g/mol. The highest BCUT2D eigenvalue weighted by Crippen LogP contribution is 2.33. The van der Waals surface area contributed by atoms with Gasteiger partial charge in [-0.1, -0.05) is 23.7 Å². The molecule has 1 aromatic heterocycles. The van der Waals surface area contributed by atoms with Crippen LogP contribution in [-0.2, 0) is 4.74 Å². The number of hydrogen-bond donors (Lipinski definition) is 1. The number of rotatable bonds is 7. The van der Waals surface area contributed by atoms with Crippen molar-refractivity contribution in [1.29, 1.82) is 0 Å². The van der Waals surface area contributed by atoms with Gasteiger partial charge in [0.05, 0.1) is 22.8 Å². The molecule has 3 rings (SSSR count). The first-order valence-electron chi connectivity index (χ1n) is 7.93. The van der Waals surface area contributed by atoms with Crippen LogP contribution in [0.3, 0.4) is 0 Å². The first-order chi connectivity index (χ1) is 12.6. The summed E-state index contributed by atoms with van der Waals surface area (Å²) in [6.07, 6.45) is -0.964. The number of hydrogen-bond acceptors (Lipinski definition) is 4. The predicted octanol–water partition coefficient (Wildman–Crippen LogP) is 5.59. The van der Waals surface area contributed by atoms with Crippen LogP contribution in [-0.4, -0.2) is 25.3 Å². The molecule has 0 amide bonds. The molecule has 3 aromatic rings. The summed E-state index contributed by atoms with van der Waals surface area (Å²) in [6.45, 7) is 0.919. The number of pyridine rings is 1. The number of benzene rings is 2. The Labute approximate surface area is 154 Å². The summed E-state index contributed by atoms with van der Waals surface area (Å²) in [5.74, 6) is 0.638. The molecule has 0 bridgehead atoms. The maximum atomic E-state index is 12.9. The van der Waals surface area contributed by atoms with Crippen molar-refractivity contribution in [2.75, 3.05) is 25.6 Å². The Kier molecular flexibility index (Phi) is 5.85. The molecule has 0 spiro atoms. The minimum absolute atomic E-state index is 0.0576. The number of fused-ring (bicyclic) bond motifs is 1. The van der Waals surface area contributed by atoms with Crippen LogP contribution in [0.2, 0.25) is 5.02 Å². The van der Waals surface area contributed by atoms with Gasteiger partial charge in [0.2, 0.25) is 0 Å². The molecule has 1 N–H and O–H groups in total. The van der Waals surface area contributed by atoms with E-state index >= 15 is 0 Å². The summed E-state index contributed by atoms with van der Waals surface area (Å²) in [6, 6.07) is 11.5. The van der Waals surface area contributed by atoms with E-state index < -0.39 is 6.43 Å². The minimum atomic E-state index is -2.53. The molecule has 0 aliphatic rings. The van der Waals surface area contributed by atoms with Gasteiger partial charge >= 0.3 is 0 Å². The second kappa shape index (κ2) is 8.29. The number of ether oxygens (including phenoxy) is 2. The van der Waals surface area contributed by atoms with Crippen LogP contribution in [0.15, 0.2) is 48.7 Å². The number of nitrogens with zero attached hydrogens (tertiary/aromatic N) is 1. The topological polar surface area (TPSA) is 43.4 Å². The van der Waals surface area contributed by atoms with Gasteiger partial charge in [0.1, 0.15) is 12.4 Å². The van der Waals surface area contributed by atoms with Crippen LogP contribution in [0.25, 0.3) is 10.9 Å². The smallest absolute Gasteiger partial charge is 0.263 e. The summed E-state index contributed by atoms with van der Waals surface area (Å²) in [5, 5.41) is 4.43. The van der Waals surface area contributed by atoms with Gasteiger partial charge in [-0.25, -0.2) is 8.78 Å². The van der Waals surface area contributed by atoms with Gasteiger partial charge in [-0.2, -0.15) is 0 Å². The van der Waals surface area contributed by atoms with Gasteiger partial charge in [0.15, 0.2) is 0 Å². The molecular formula is C19H17ClF2N2O2. The van der Waals surface area contributed by atoms with Crippen molar-refractivity contribution in [3.05, 3.63) is 59.2 Å². The Morgan fingerprint density at radius 2 is 1.92 bits per heavy atom. The summed E-state index contributed by atoms with van der Waals surface area (Å²) in [4.78, 5) is 4.17. The molecule has 0 aliphatic heterocycles. The number of methoxy groups -OCH3 is 1. The zero-order valence-corrected chi connectivity index (χ0v) is 14.8. The second-order valence-electron chi connectivity index (χ2n) is 5.54. The lowest BCUT2D eigenvalue weighted by atomic mass is 10.1. The number of nitrogens with one attached hydrogen (secondary N) is 1. The average molecular weight is 379 g/mol. The van der Waals surface area contributed by atoms with E-state index in [-0.39, 0.29) is 5.56 Å². The van der Waals surface area contributed by atoms with E-state index in [0.29, 0.717) is 35.2 Å². The standard InChI is InChI=1S/C19H17ClF2N2O2/c1-25-8-9-26-13-3-5-17(15(20)11-13)24-16-6-7-23-18-10-12(19(21)22)2-4-14(16)18/h2-7,10-11,19H,8-9H2,1H3,(H,23,24). The molecule has 0 atom stereocenters. The first kappa shape index (κ1) is 18.4. The third kappa shape index (κ3) is 4.20. The van der Waals surface area contributed by atoms with Crippen molar-refractivity contribution in [3.8, 4) is 5.75 Å². The van der Waals surface area contributed by atoms with E-state index in [9.17, 15) is 8.78 Å². The highest BCUT2D eigenvalue weighted by atomic mass is 35.5. The highest BCUT2D eigenvalue weighted by molar-refractivity contribution is 6.33. The van der Waals surface area contributed by atoms with Gasteiger partial charge < -0.3 is 14.8 Å². The molecule has 1 heterocycles. The van der Waals surface area contributed by atoms with Crippen LogP contribution < -0.4 is 10.1 Å². The van der Waals surface area contributed by atoms with Crippen molar-refractivity contribution >= 4 is 33.9 Å². The van der Waals surface area contributed by atoms with E-state index in [0.717, 1.165) is 11.1 Å². The fraction of sp³-hybridized carbons (Fsp3) is 0.211. The van der Waals surface area contributed by atoms with Gasteiger partial charge in [-0.05, 0) is 24.3 Å². The molecule has 0 fully saturated rings. The molecule has 2 aromatic carbocycles. The number of aromatic nitrogens is 1. The van der Waals surface area contributed by atoms with Crippen molar-refractivity contribution in [1.82, 2.24) is 4.98 Å². The van der Waals surface area contributed by atoms with Gasteiger partial charge in [-0.15, -0.1) is 0 Å². The maximum Gasteiger partial charge on any atom is 0.263 e. The predicted molar refractivity (Wildman–Crippen MR) is 98.8 cm³/mol. The Balaban J connectivity index is 1.84. The fourth-order valence-corrected chi connectivity index (χ4v) is 2.70. The molecule has 26 heavy (non-hydrogen) atoms. The summed E-state index contributed by atoms with van der Waals surface area (Å²) in [7, 11) is 1.60. The van der Waals surface area contributed by atoms with E-state index in [1.807, 2.05) is 0 Å². The Morgan fingerprint density at radius 3 is 2.65 bits per heavy atom. The maximum absolute atomic E-state index is 12.9. The van der Waals surface area contributed by atoms with Crippen molar-refractivity contribution in [3.63, 3.8) is 0 Å². The van der Waals surface area contributed by atoms with Crippen LogP contribution in [0.5, 0.6) is 5.75 Å². The largest absolute Gasteiger partial charge is 0.491 e. The molecule has 7 heteroatoms. The van der Waals surface area contributed by atoms with Crippen LogP contribution in [0.4, 0.5) is 20.2 Å². The van der Waals surface area contributed by atoms with Crippen LogP contribution in [0.1, 0.15) is 12.0 Å². The number of halogens is 3. The minimum Gasteiger partial charge on any atom is -0.491 e. The molecule has 4 nitrogen and oxygen atoms in total. The average Bonchev–Trinajstić information content (AvgIpc) is 2.64. The number of anilines is 2. The van der Waals surface area contributed by atoms with Crippen molar-refractivity contribution < 1.29 is 18.3 Å². The van der Waals surface area contributed by atoms with Crippen LogP contribution in [0, 0.1) is 0 Å². The summed E-state index contributed by atoms with van der Waals surface area (Å²) < 4.78 is 36.2. The molecule has 0 radical (unpaired) electrons. The van der Waals surface area contributed by atoms with Crippen molar-refractivity contribution in [2.45, 2.75) is 6.43 Å². The molecule has 136 valence electrons. The van der Waals surface area contributed by atoms with E-state index in [2.05, 4.69) is 10.3 Å². The zero-order chi connectivity index (χ0) is 18.5. The SMILES string of the molecule is COCCOc1ccc(Nc2ccnc3cc(C(F)F)ccc23)c(Cl)c1. The first-order valence-corrected chi connectivity index (χ1v) is 8.31. The third-order valence-electron chi connectivity index (χ3n) is 3.78. The number of alkyl halides is 2. The summed E-state index contributed by atoms with van der Waals surface area (Å²) in [5.41, 5.74) is 1.84. The van der Waals surface area contributed by atoms with Gasteiger partial charge in [-0.3, -0.25) is 4.98 Å². The van der Waals surface area contributed by atoms with E-state index in [4.69, 9.17) is 21.1 Å². The zero-order valence-electron chi connectivity index (χ0n) is 14.0. The van der Waals surface area contributed by atoms with Crippen molar-refractivity contribution in [2.24, 2.45) is 0 Å². The van der Waals surface area contributed by atoms with Gasteiger partial charge in [0.25, 0.3) is 6.43 Å². The Hall–Kier alpha value is -2.44. The van der Waals surface area contributed by atoms with E-state index in [1.54, 1.807) is 43.6 Å². The molecule has 0 saturated carbocycles. The Morgan fingerprint density at radius 1 is 1.08 bits per heavy atom. The normalized spacial score (nSPS) is 11.1. The highest BCUT2D eigenvalue weighted by Gasteiger charge is 2.11. The second-order valence-corrected chi connectivity index (χ2v) is 5.95. The van der Waals surface area contributed by atoms with Gasteiger partial charge in [0, 0.05) is 36.0 Å². The Bertz CT molecular complexity index is 906. The lowest BCUT2D eigenvalue weighted by Crippen LogP contribution is -2.04. The molecule has 0 saturated heterocycles. The quantitative estimate of drug-likeness (QED) is 0.544.